The Hall–Kier alpha value is -0.820. The molecule has 2 rings (SSSR count). The van der Waals surface area contributed by atoms with Crippen molar-refractivity contribution >= 4 is 17.4 Å². The van der Waals surface area contributed by atoms with Gasteiger partial charge in [0.15, 0.2) is 5.78 Å². The summed E-state index contributed by atoms with van der Waals surface area (Å²) in [6, 6.07) is 5.91. The number of halogens is 1. The molecule has 0 heterocycles. The van der Waals surface area contributed by atoms with Crippen molar-refractivity contribution in [2.45, 2.75) is 58.3 Å². The summed E-state index contributed by atoms with van der Waals surface area (Å²) in [5.41, 5.74) is 2.00. The zero-order valence-corrected chi connectivity index (χ0v) is 12.7. The number of Topliss-reactive ketones (excluding diaryl/α,β-unsaturated/α-hetero) is 1. The zero-order chi connectivity index (χ0) is 13.8. The van der Waals surface area contributed by atoms with Crippen molar-refractivity contribution in [3.05, 3.63) is 34.3 Å². The topological polar surface area (TPSA) is 17.1 Å². The average molecular weight is 279 g/mol. The molecule has 0 radical (unpaired) electrons. The van der Waals surface area contributed by atoms with Gasteiger partial charge >= 0.3 is 0 Å². The van der Waals surface area contributed by atoms with E-state index < -0.39 is 0 Å². The second kappa shape index (κ2) is 6.56. The third kappa shape index (κ3) is 3.82. The lowest BCUT2D eigenvalue weighted by Crippen LogP contribution is -2.07. The monoisotopic (exact) mass is 278 g/mol. The maximum absolute atomic E-state index is 12.0. The van der Waals surface area contributed by atoms with Gasteiger partial charge in [-0.15, -0.1) is 0 Å². The van der Waals surface area contributed by atoms with Gasteiger partial charge in [0.25, 0.3) is 0 Å². The second-order valence-electron chi connectivity index (χ2n) is 6.09. The lowest BCUT2D eigenvalue weighted by molar-refractivity contribution is 0.0968. The molecule has 1 fully saturated rings. The first-order valence-electron chi connectivity index (χ1n) is 7.40. The number of benzene rings is 1. The van der Waals surface area contributed by atoms with Crippen LogP contribution in [0.25, 0.3) is 0 Å². The summed E-state index contributed by atoms with van der Waals surface area (Å²) in [6.45, 7) is 4.13. The van der Waals surface area contributed by atoms with Gasteiger partial charge in [0.1, 0.15) is 0 Å². The molecule has 2 heteroatoms. The summed E-state index contributed by atoms with van der Waals surface area (Å²) in [5.74, 6) is 1.19. The molecule has 1 aliphatic rings. The van der Waals surface area contributed by atoms with Crippen LogP contribution in [0.1, 0.15) is 74.2 Å². The van der Waals surface area contributed by atoms with Crippen LogP contribution in [0.2, 0.25) is 5.02 Å². The Morgan fingerprint density at radius 3 is 2.53 bits per heavy atom. The molecular weight excluding hydrogens is 256 g/mol. The molecule has 0 atom stereocenters. The van der Waals surface area contributed by atoms with Gasteiger partial charge in [-0.3, -0.25) is 4.79 Å². The Bertz CT molecular complexity index is 445. The summed E-state index contributed by atoms with van der Waals surface area (Å²) in [6.07, 6.45) is 7.01. The van der Waals surface area contributed by atoms with E-state index in [0.29, 0.717) is 18.3 Å². The van der Waals surface area contributed by atoms with Crippen LogP contribution >= 0.6 is 11.6 Å². The van der Waals surface area contributed by atoms with Crippen molar-refractivity contribution in [1.82, 2.24) is 0 Å². The molecule has 0 bridgehead atoms. The lowest BCUT2D eigenvalue weighted by atomic mass is 9.83. The van der Waals surface area contributed by atoms with E-state index in [1.54, 1.807) is 0 Å². The van der Waals surface area contributed by atoms with E-state index in [0.717, 1.165) is 10.6 Å². The molecule has 0 unspecified atom stereocenters. The fourth-order valence-corrected chi connectivity index (χ4v) is 3.27. The quantitative estimate of drug-likeness (QED) is 0.654. The summed E-state index contributed by atoms with van der Waals surface area (Å²) >= 11 is 6.39. The first-order chi connectivity index (χ1) is 9.08. The predicted octanol–water partition coefficient (Wildman–Crippen LogP) is 5.62. The van der Waals surface area contributed by atoms with Crippen LogP contribution in [0.3, 0.4) is 0 Å². The maximum Gasteiger partial charge on any atom is 0.163 e. The predicted molar refractivity (Wildman–Crippen MR) is 81.1 cm³/mol. The minimum atomic E-state index is 0.201. The standard InChI is InChI=1S/C17H23ClO/c1-12(2)10-17(19)14-8-9-15(16(18)11-14)13-6-4-3-5-7-13/h8-9,11-13H,3-7,10H2,1-2H3. The summed E-state index contributed by atoms with van der Waals surface area (Å²) in [5, 5.41) is 0.779. The van der Waals surface area contributed by atoms with Crippen LogP contribution < -0.4 is 0 Å². The highest BCUT2D eigenvalue weighted by molar-refractivity contribution is 6.31. The smallest absolute Gasteiger partial charge is 0.163 e. The van der Waals surface area contributed by atoms with Crippen molar-refractivity contribution in [1.29, 1.82) is 0 Å². The van der Waals surface area contributed by atoms with E-state index in [2.05, 4.69) is 19.9 Å². The first-order valence-corrected chi connectivity index (χ1v) is 7.78. The number of carbonyl (C=O) groups excluding carboxylic acids is 1. The average Bonchev–Trinajstić information content (AvgIpc) is 2.38. The molecule has 0 spiro atoms. The second-order valence-corrected chi connectivity index (χ2v) is 6.50. The highest BCUT2D eigenvalue weighted by Gasteiger charge is 2.19. The number of hydrogen-bond donors (Lipinski definition) is 0. The zero-order valence-electron chi connectivity index (χ0n) is 11.9. The molecular formula is C17H23ClO. The van der Waals surface area contributed by atoms with Crippen molar-refractivity contribution in [3.8, 4) is 0 Å². The van der Waals surface area contributed by atoms with E-state index in [4.69, 9.17) is 11.6 Å². The molecule has 0 saturated heterocycles. The van der Waals surface area contributed by atoms with Crippen LogP contribution in [0, 0.1) is 5.92 Å². The van der Waals surface area contributed by atoms with Gasteiger partial charge in [-0.1, -0.05) is 56.8 Å². The number of ketones is 1. The Labute approximate surface area is 121 Å². The minimum Gasteiger partial charge on any atom is -0.294 e. The van der Waals surface area contributed by atoms with Crippen LogP contribution in [0.15, 0.2) is 18.2 Å². The van der Waals surface area contributed by atoms with Gasteiger partial charge in [-0.2, -0.15) is 0 Å². The van der Waals surface area contributed by atoms with E-state index in [1.165, 1.54) is 37.7 Å². The molecule has 1 aliphatic carbocycles. The first kappa shape index (κ1) is 14.6. The van der Waals surface area contributed by atoms with Gasteiger partial charge in [-0.05, 0) is 36.3 Å². The maximum atomic E-state index is 12.0. The third-order valence-electron chi connectivity index (χ3n) is 3.96. The van der Waals surface area contributed by atoms with E-state index in [-0.39, 0.29) is 5.78 Å². The molecule has 104 valence electrons. The van der Waals surface area contributed by atoms with Crippen molar-refractivity contribution < 1.29 is 4.79 Å². The summed E-state index contributed by atoms with van der Waals surface area (Å²) in [7, 11) is 0. The fraction of sp³-hybridized carbons (Fsp3) is 0.588. The van der Waals surface area contributed by atoms with Crippen LogP contribution in [-0.2, 0) is 0 Å². The summed E-state index contributed by atoms with van der Waals surface area (Å²) < 4.78 is 0. The molecule has 0 amide bonds. The van der Waals surface area contributed by atoms with Gasteiger partial charge in [0, 0.05) is 17.0 Å². The SMILES string of the molecule is CC(C)CC(=O)c1ccc(C2CCCCC2)c(Cl)c1. The van der Waals surface area contributed by atoms with E-state index >= 15 is 0 Å². The molecule has 1 aromatic carbocycles. The fourth-order valence-electron chi connectivity index (χ4n) is 2.93. The van der Waals surface area contributed by atoms with Gasteiger partial charge in [0.2, 0.25) is 0 Å². The Morgan fingerprint density at radius 2 is 1.95 bits per heavy atom. The van der Waals surface area contributed by atoms with Crippen LogP contribution in [0.5, 0.6) is 0 Å². The van der Waals surface area contributed by atoms with Gasteiger partial charge in [0.05, 0.1) is 0 Å². The highest BCUT2D eigenvalue weighted by Crippen LogP contribution is 2.36. The molecule has 0 aromatic heterocycles. The molecule has 0 aliphatic heterocycles. The van der Waals surface area contributed by atoms with Gasteiger partial charge in [-0.25, -0.2) is 0 Å². The Morgan fingerprint density at radius 1 is 1.26 bits per heavy atom. The highest BCUT2D eigenvalue weighted by atomic mass is 35.5. The number of carbonyl (C=O) groups is 1. The molecule has 19 heavy (non-hydrogen) atoms. The third-order valence-corrected chi connectivity index (χ3v) is 4.29. The normalized spacial score (nSPS) is 16.8. The van der Waals surface area contributed by atoms with Crippen LogP contribution in [-0.4, -0.2) is 5.78 Å². The molecule has 1 nitrogen and oxygen atoms in total. The molecule has 1 saturated carbocycles. The number of hydrogen-bond acceptors (Lipinski definition) is 1. The van der Waals surface area contributed by atoms with E-state index in [1.807, 2.05) is 12.1 Å². The largest absolute Gasteiger partial charge is 0.294 e. The van der Waals surface area contributed by atoms with Crippen molar-refractivity contribution in [3.63, 3.8) is 0 Å². The Balaban J connectivity index is 2.14. The van der Waals surface area contributed by atoms with Crippen molar-refractivity contribution in [2.24, 2.45) is 5.92 Å². The summed E-state index contributed by atoms with van der Waals surface area (Å²) in [4.78, 5) is 12.0. The Kier molecular flexibility index (Phi) is 5.04. The molecule has 0 N–H and O–H groups in total. The van der Waals surface area contributed by atoms with Crippen molar-refractivity contribution in [2.75, 3.05) is 0 Å². The number of rotatable bonds is 4. The molecule has 1 aromatic rings. The van der Waals surface area contributed by atoms with E-state index in [9.17, 15) is 4.79 Å². The lowest BCUT2D eigenvalue weighted by Gasteiger charge is -2.23. The minimum absolute atomic E-state index is 0.201. The van der Waals surface area contributed by atoms with Crippen LogP contribution in [0.4, 0.5) is 0 Å². The van der Waals surface area contributed by atoms with Gasteiger partial charge < -0.3 is 0 Å².